The summed E-state index contributed by atoms with van der Waals surface area (Å²) in [5.41, 5.74) is 1.31. The van der Waals surface area contributed by atoms with Gasteiger partial charge in [-0.15, -0.1) is 11.3 Å². The van der Waals surface area contributed by atoms with Crippen molar-refractivity contribution in [1.82, 2.24) is 10.3 Å². The predicted molar refractivity (Wildman–Crippen MR) is 93.7 cm³/mol. The second-order valence-electron chi connectivity index (χ2n) is 6.11. The molecule has 0 unspecified atom stereocenters. The number of aryl methyl sites for hydroxylation is 2. The normalized spacial score (nSPS) is 12.5. The fourth-order valence-electron chi connectivity index (χ4n) is 2.41. The molecule has 2 rings (SSSR count). The first kappa shape index (κ1) is 17.6. The summed E-state index contributed by atoms with van der Waals surface area (Å²) in [4.78, 5) is 16.8. The Hall–Kier alpha value is -1.72. The van der Waals surface area contributed by atoms with E-state index in [-0.39, 0.29) is 0 Å². The number of aromatic nitrogens is 1. The van der Waals surface area contributed by atoms with Gasteiger partial charge in [-0.1, -0.05) is 44.2 Å². The topological polar surface area (TPSA) is 62.2 Å². The standard InChI is InChI=1S/C18H24N2O2S/c1-13(2)10-16(18(21)22)19-11-15-12-20-17(23-15)9-8-14-6-4-3-5-7-14/h3-7,12-13,16,19H,8-11H2,1-2H3,(H,21,22)/t16-/m0/s1. The second kappa shape index (κ2) is 8.79. The molecule has 2 N–H and O–H groups in total. The smallest absolute Gasteiger partial charge is 0.320 e. The maximum Gasteiger partial charge on any atom is 0.320 e. The molecule has 1 heterocycles. The number of benzene rings is 1. The third-order valence-electron chi connectivity index (χ3n) is 3.60. The fraction of sp³-hybridized carbons (Fsp3) is 0.444. The van der Waals surface area contributed by atoms with Crippen LogP contribution in [-0.4, -0.2) is 22.1 Å². The van der Waals surface area contributed by atoms with Crippen molar-refractivity contribution in [2.24, 2.45) is 5.92 Å². The average Bonchev–Trinajstić information content (AvgIpc) is 2.98. The average molecular weight is 332 g/mol. The van der Waals surface area contributed by atoms with Crippen molar-refractivity contribution in [1.29, 1.82) is 0 Å². The van der Waals surface area contributed by atoms with Crippen LogP contribution in [0.3, 0.4) is 0 Å². The lowest BCUT2D eigenvalue weighted by Crippen LogP contribution is -2.37. The van der Waals surface area contributed by atoms with Crippen molar-refractivity contribution in [2.45, 2.75) is 45.7 Å². The SMILES string of the molecule is CC(C)C[C@H](NCc1cnc(CCc2ccccc2)s1)C(=O)O. The van der Waals surface area contributed by atoms with Gasteiger partial charge in [-0.05, 0) is 24.3 Å². The first-order valence-electron chi connectivity index (χ1n) is 7.98. The molecule has 1 atom stereocenters. The van der Waals surface area contributed by atoms with Crippen LogP contribution in [0.25, 0.3) is 0 Å². The van der Waals surface area contributed by atoms with E-state index in [9.17, 15) is 9.90 Å². The molecule has 4 nitrogen and oxygen atoms in total. The lowest BCUT2D eigenvalue weighted by molar-refractivity contribution is -0.140. The summed E-state index contributed by atoms with van der Waals surface area (Å²) in [5.74, 6) is -0.431. The lowest BCUT2D eigenvalue weighted by atomic mass is 10.0. The Morgan fingerprint density at radius 3 is 2.65 bits per heavy atom. The van der Waals surface area contributed by atoms with E-state index in [2.05, 4.69) is 22.4 Å². The van der Waals surface area contributed by atoms with Crippen LogP contribution in [0, 0.1) is 5.92 Å². The van der Waals surface area contributed by atoms with E-state index in [1.54, 1.807) is 11.3 Å². The van der Waals surface area contributed by atoms with Gasteiger partial charge in [-0.25, -0.2) is 4.98 Å². The lowest BCUT2D eigenvalue weighted by Gasteiger charge is -2.15. The summed E-state index contributed by atoms with van der Waals surface area (Å²) in [6, 6.07) is 9.87. The first-order valence-corrected chi connectivity index (χ1v) is 8.80. The molecule has 23 heavy (non-hydrogen) atoms. The van der Waals surface area contributed by atoms with Crippen LogP contribution in [0.2, 0.25) is 0 Å². The molecule has 0 fully saturated rings. The molecule has 0 bridgehead atoms. The summed E-state index contributed by atoms with van der Waals surface area (Å²) >= 11 is 1.66. The van der Waals surface area contributed by atoms with Crippen molar-refractivity contribution in [3.05, 3.63) is 52.0 Å². The minimum absolute atomic E-state index is 0.353. The third kappa shape index (κ3) is 6.12. The Morgan fingerprint density at radius 1 is 1.26 bits per heavy atom. The van der Waals surface area contributed by atoms with Gasteiger partial charge in [-0.2, -0.15) is 0 Å². The van der Waals surface area contributed by atoms with Gasteiger partial charge in [0.05, 0.1) is 5.01 Å². The number of carbonyl (C=O) groups is 1. The fourth-order valence-corrected chi connectivity index (χ4v) is 3.28. The zero-order valence-electron chi connectivity index (χ0n) is 13.7. The van der Waals surface area contributed by atoms with E-state index < -0.39 is 12.0 Å². The Bertz CT molecular complexity index is 610. The zero-order chi connectivity index (χ0) is 16.7. The van der Waals surface area contributed by atoms with E-state index >= 15 is 0 Å². The highest BCUT2D eigenvalue weighted by atomic mass is 32.1. The van der Waals surface area contributed by atoms with Crippen molar-refractivity contribution < 1.29 is 9.90 Å². The maximum atomic E-state index is 11.2. The zero-order valence-corrected chi connectivity index (χ0v) is 14.5. The molecule has 124 valence electrons. The molecule has 0 spiro atoms. The van der Waals surface area contributed by atoms with Gasteiger partial charge in [0.1, 0.15) is 6.04 Å². The van der Waals surface area contributed by atoms with Gasteiger partial charge in [0, 0.05) is 24.0 Å². The number of hydrogen-bond donors (Lipinski definition) is 2. The molecule has 2 aromatic rings. The minimum atomic E-state index is -0.785. The largest absolute Gasteiger partial charge is 0.480 e. The highest BCUT2D eigenvalue weighted by Crippen LogP contribution is 2.16. The molecular formula is C18H24N2O2S. The Balaban J connectivity index is 1.83. The van der Waals surface area contributed by atoms with Gasteiger partial charge in [0.15, 0.2) is 0 Å². The van der Waals surface area contributed by atoms with Crippen LogP contribution in [0.15, 0.2) is 36.5 Å². The number of rotatable bonds is 9. The Morgan fingerprint density at radius 2 is 2.00 bits per heavy atom. The third-order valence-corrected chi connectivity index (χ3v) is 4.66. The van der Waals surface area contributed by atoms with E-state index in [1.807, 2.05) is 38.2 Å². The van der Waals surface area contributed by atoms with Crippen LogP contribution in [0.4, 0.5) is 0 Å². The number of nitrogens with zero attached hydrogens (tertiary/aromatic N) is 1. The highest BCUT2D eigenvalue weighted by Gasteiger charge is 2.18. The van der Waals surface area contributed by atoms with Crippen LogP contribution in [0.1, 0.15) is 35.7 Å². The highest BCUT2D eigenvalue weighted by molar-refractivity contribution is 7.11. The molecule has 0 saturated carbocycles. The molecule has 1 aromatic carbocycles. The molecule has 0 radical (unpaired) electrons. The first-order chi connectivity index (χ1) is 11.0. The summed E-state index contributed by atoms with van der Waals surface area (Å²) < 4.78 is 0. The summed E-state index contributed by atoms with van der Waals surface area (Å²) in [7, 11) is 0. The van der Waals surface area contributed by atoms with E-state index in [1.165, 1.54) is 5.56 Å². The molecule has 0 aliphatic heterocycles. The number of carboxylic acids is 1. The molecule has 0 aliphatic carbocycles. The number of hydrogen-bond acceptors (Lipinski definition) is 4. The van der Waals surface area contributed by atoms with Gasteiger partial charge in [-0.3, -0.25) is 10.1 Å². The quantitative estimate of drug-likeness (QED) is 0.737. The van der Waals surface area contributed by atoms with Gasteiger partial charge in [0.2, 0.25) is 0 Å². The molecule has 0 saturated heterocycles. The second-order valence-corrected chi connectivity index (χ2v) is 7.31. The van der Waals surface area contributed by atoms with E-state index in [0.29, 0.717) is 18.9 Å². The number of nitrogens with one attached hydrogen (secondary N) is 1. The number of aliphatic carboxylic acids is 1. The maximum absolute atomic E-state index is 11.2. The van der Waals surface area contributed by atoms with Gasteiger partial charge >= 0.3 is 5.97 Å². The number of carboxylic acid groups (broad SMARTS) is 1. The minimum Gasteiger partial charge on any atom is -0.480 e. The summed E-state index contributed by atoms with van der Waals surface area (Å²) in [5, 5.41) is 13.5. The van der Waals surface area contributed by atoms with Crippen molar-refractivity contribution in [2.75, 3.05) is 0 Å². The molecule has 1 aromatic heterocycles. The summed E-state index contributed by atoms with van der Waals surface area (Å²) in [6.45, 7) is 4.63. The predicted octanol–water partition coefficient (Wildman–Crippen LogP) is 3.52. The van der Waals surface area contributed by atoms with Crippen LogP contribution in [-0.2, 0) is 24.2 Å². The Labute approximate surface area is 141 Å². The Kier molecular flexibility index (Phi) is 6.74. The van der Waals surface area contributed by atoms with Crippen molar-refractivity contribution in [3.8, 4) is 0 Å². The van der Waals surface area contributed by atoms with Gasteiger partial charge < -0.3 is 5.11 Å². The molecule has 0 aliphatic rings. The number of thiazole rings is 1. The van der Waals surface area contributed by atoms with E-state index in [4.69, 9.17) is 0 Å². The van der Waals surface area contributed by atoms with E-state index in [0.717, 1.165) is 22.7 Å². The van der Waals surface area contributed by atoms with Crippen molar-refractivity contribution >= 4 is 17.3 Å². The van der Waals surface area contributed by atoms with Crippen LogP contribution < -0.4 is 5.32 Å². The molecule has 5 heteroatoms. The van der Waals surface area contributed by atoms with Crippen molar-refractivity contribution in [3.63, 3.8) is 0 Å². The van der Waals surface area contributed by atoms with Crippen LogP contribution >= 0.6 is 11.3 Å². The molecular weight excluding hydrogens is 308 g/mol. The molecule has 0 amide bonds. The van der Waals surface area contributed by atoms with Gasteiger partial charge in [0.25, 0.3) is 0 Å². The monoisotopic (exact) mass is 332 g/mol. The van der Waals surface area contributed by atoms with Crippen LogP contribution in [0.5, 0.6) is 0 Å². The summed E-state index contributed by atoms with van der Waals surface area (Å²) in [6.07, 6.45) is 4.39.